The van der Waals surface area contributed by atoms with Crippen molar-refractivity contribution in [1.82, 2.24) is 24.6 Å². The van der Waals surface area contributed by atoms with Gasteiger partial charge in [-0.3, -0.25) is 9.20 Å². The van der Waals surface area contributed by atoms with Crippen molar-refractivity contribution >= 4 is 49.9 Å². The lowest BCUT2D eigenvalue weighted by Gasteiger charge is -2.11. The second-order valence-electron chi connectivity index (χ2n) is 7.20. The molecule has 146 valence electrons. The van der Waals surface area contributed by atoms with Crippen LogP contribution in [0.1, 0.15) is 34.0 Å². The average Bonchev–Trinajstić information content (AvgIpc) is 3.22. The van der Waals surface area contributed by atoms with Gasteiger partial charge in [0.25, 0.3) is 5.56 Å². The summed E-state index contributed by atoms with van der Waals surface area (Å²) in [6, 6.07) is 10.3. The van der Waals surface area contributed by atoms with E-state index in [2.05, 4.69) is 38.6 Å². The Bertz CT molecular complexity index is 1460. The summed E-state index contributed by atoms with van der Waals surface area (Å²) in [6.07, 6.45) is 0. The number of pyridine rings is 1. The highest BCUT2D eigenvalue weighted by Crippen LogP contribution is 2.35. The van der Waals surface area contributed by atoms with Crippen molar-refractivity contribution in [2.75, 3.05) is 0 Å². The number of aromatic amines is 1. The third-order valence-electron chi connectivity index (χ3n) is 5.30. The number of nitrogens with one attached hydrogen (secondary N) is 1. The van der Waals surface area contributed by atoms with Gasteiger partial charge in [-0.2, -0.15) is 0 Å². The van der Waals surface area contributed by atoms with Crippen LogP contribution < -0.4 is 5.56 Å². The third-order valence-corrected chi connectivity index (χ3v) is 7.45. The number of H-pyrrole nitrogens is 1. The molecule has 0 bridgehead atoms. The molecule has 0 aliphatic rings. The van der Waals surface area contributed by atoms with Crippen molar-refractivity contribution in [2.24, 2.45) is 0 Å². The number of hydrogen-bond acceptors (Lipinski definition) is 6. The fourth-order valence-electron chi connectivity index (χ4n) is 3.63. The Morgan fingerprint density at radius 1 is 1.17 bits per heavy atom. The molecule has 4 heterocycles. The fraction of sp³-hybridized carbons (Fsp3) is 0.238. The Labute approximate surface area is 175 Å². The first-order valence-electron chi connectivity index (χ1n) is 9.34. The van der Waals surface area contributed by atoms with Gasteiger partial charge in [0.15, 0.2) is 10.8 Å². The molecule has 5 aromatic rings. The number of rotatable bonds is 3. The molecule has 29 heavy (non-hydrogen) atoms. The molecule has 1 atom stereocenters. The minimum absolute atomic E-state index is 0.0773. The molecule has 0 saturated carbocycles. The van der Waals surface area contributed by atoms with Crippen LogP contribution in [0, 0.1) is 20.8 Å². The zero-order valence-corrected chi connectivity index (χ0v) is 18.1. The number of aryl methyl sites for hydroxylation is 3. The molecule has 0 amide bonds. The molecule has 1 N–H and O–H groups in total. The van der Waals surface area contributed by atoms with E-state index >= 15 is 0 Å². The van der Waals surface area contributed by atoms with E-state index in [1.807, 2.05) is 39.0 Å². The molecule has 0 aliphatic carbocycles. The summed E-state index contributed by atoms with van der Waals surface area (Å²) in [6.45, 7) is 8.10. The van der Waals surface area contributed by atoms with E-state index in [9.17, 15) is 4.79 Å². The Morgan fingerprint density at radius 3 is 2.79 bits per heavy atom. The first-order valence-corrected chi connectivity index (χ1v) is 11.0. The highest BCUT2D eigenvalue weighted by atomic mass is 32.2. The quantitative estimate of drug-likeness (QED) is 0.417. The van der Waals surface area contributed by atoms with Gasteiger partial charge in [0.2, 0.25) is 0 Å². The molecule has 6 nitrogen and oxygen atoms in total. The van der Waals surface area contributed by atoms with Crippen LogP contribution in [-0.4, -0.2) is 24.6 Å². The van der Waals surface area contributed by atoms with E-state index in [0.717, 1.165) is 31.6 Å². The van der Waals surface area contributed by atoms with Gasteiger partial charge < -0.3 is 4.98 Å². The Hall–Kier alpha value is -2.71. The lowest BCUT2D eigenvalue weighted by molar-refractivity contribution is 0.893. The number of fused-ring (bicyclic) bond motifs is 4. The van der Waals surface area contributed by atoms with Gasteiger partial charge >= 0.3 is 0 Å². The molecule has 1 aromatic carbocycles. The summed E-state index contributed by atoms with van der Waals surface area (Å²) in [5.74, 6) is 0.655. The Kier molecular flexibility index (Phi) is 4.22. The lowest BCUT2D eigenvalue weighted by atomic mass is 10.1. The van der Waals surface area contributed by atoms with E-state index in [0.29, 0.717) is 11.2 Å². The normalized spacial score (nSPS) is 13.0. The molecule has 0 aliphatic heterocycles. The number of thiophene rings is 1. The third kappa shape index (κ3) is 2.86. The van der Waals surface area contributed by atoms with Crippen molar-refractivity contribution in [1.29, 1.82) is 0 Å². The van der Waals surface area contributed by atoms with E-state index in [4.69, 9.17) is 4.98 Å². The van der Waals surface area contributed by atoms with Gasteiger partial charge in [0.1, 0.15) is 10.7 Å². The van der Waals surface area contributed by atoms with Gasteiger partial charge in [-0.15, -0.1) is 21.5 Å². The molecule has 0 spiro atoms. The molecule has 8 heteroatoms. The topological polar surface area (TPSA) is 75.9 Å². The predicted molar refractivity (Wildman–Crippen MR) is 119 cm³/mol. The molecule has 4 aromatic heterocycles. The number of benzene rings is 1. The summed E-state index contributed by atoms with van der Waals surface area (Å²) < 4.78 is 2.07. The van der Waals surface area contributed by atoms with Crippen LogP contribution in [0.2, 0.25) is 0 Å². The monoisotopic (exact) mass is 421 g/mol. The largest absolute Gasteiger partial charge is 0.309 e. The van der Waals surface area contributed by atoms with Crippen molar-refractivity contribution in [3.8, 4) is 0 Å². The van der Waals surface area contributed by atoms with E-state index in [-0.39, 0.29) is 10.8 Å². The number of nitrogens with zero attached hydrogens (tertiary/aromatic N) is 4. The van der Waals surface area contributed by atoms with Gasteiger partial charge in [-0.25, -0.2) is 4.98 Å². The fourth-order valence-corrected chi connectivity index (χ4v) is 5.59. The van der Waals surface area contributed by atoms with Crippen molar-refractivity contribution in [3.05, 3.63) is 62.5 Å². The van der Waals surface area contributed by atoms with E-state index in [1.54, 1.807) is 23.1 Å². The maximum atomic E-state index is 12.6. The van der Waals surface area contributed by atoms with Crippen LogP contribution in [0.5, 0.6) is 0 Å². The second-order valence-corrected chi connectivity index (χ2v) is 9.71. The lowest BCUT2D eigenvalue weighted by Crippen LogP contribution is -2.12. The molecule has 1 unspecified atom stereocenters. The minimum atomic E-state index is -0.0812. The highest BCUT2D eigenvalue weighted by Gasteiger charge is 2.19. The highest BCUT2D eigenvalue weighted by molar-refractivity contribution is 7.99. The maximum absolute atomic E-state index is 12.6. The summed E-state index contributed by atoms with van der Waals surface area (Å²) >= 11 is 3.11. The summed E-state index contributed by atoms with van der Waals surface area (Å²) in [5, 5.41) is 11.3. The molecule has 0 saturated heterocycles. The van der Waals surface area contributed by atoms with E-state index in [1.165, 1.54) is 10.9 Å². The summed E-state index contributed by atoms with van der Waals surface area (Å²) in [4.78, 5) is 22.3. The minimum Gasteiger partial charge on any atom is -0.309 e. The van der Waals surface area contributed by atoms with Crippen LogP contribution in [0.15, 0.2) is 40.3 Å². The smallest absolute Gasteiger partial charge is 0.259 e. The first kappa shape index (κ1) is 18.3. The summed E-state index contributed by atoms with van der Waals surface area (Å²) in [5.41, 5.74) is 3.99. The van der Waals surface area contributed by atoms with Gasteiger partial charge in [0, 0.05) is 10.3 Å². The first-order chi connectivity index (χ1) is 13.9. The van der Waals surface area contributed by atoms with Crippen molar-refractivity contribution in [3.63, 3.8) is 0 Å². The molecular weight excluding hydrogens is 402 g/mol. The number of aromatic nitrogens is 5. The van der Waals surface area contributed by atoms with Gasteiger partial charge in [0.05, 0.1) is 16.2 Å². The SMILES string of the molecule is Cc1sc2nc(C(C)Sc3nnc4cc(C)c5ccccc5n34)[nH]c(=O)c2c1C. The van der Waals surface area contributed by atoms with Crippen LogP contribution in [0.3, 0.4) is 0 Å². The van der Waals surface area contributed by atoms with Crippen LogP contribution in [0.25, 0.3) is 26.8 Å². The van der Waals surface area contributed by atoms with Crippen molar-refractivity contribution < 1.29 is 0 Å². The molecule has 0 fully saturated rings. The Balaban J connectivity index is 1.60. The number of para-hydroxylation sites is 1. The zero-order valence-electron chi connectivity index (χ0n) is 16.5. The van der Waals surface area contributed by atoms with Gasteiger partial charge in [-0.05, 0) is 51.0 Å². The molecular formula is C21H19N5OS2. The zero-order chi connectivity index (χ0) is 20.3. The van der Waals surface area contributed by atoms with Crippen molar-refractivity contribution in [2.45, 2.75) is 38.1 Å². The number of thioether (sulfide) groups is 1. The predicted octanol–water partition coefficient (Wildman–Crippen LogP) is 4.96. The number of hydrogen-bond donors (Lipinski definition) is 1. The van der Waals surface area contributed by atoms with E-state index < -0.39 is 0 Å². The molecule has 5 rings (SSSR count). The van der Waals surface area contributed by atoms with Gasteiger partial charge in [-0.1, -0.05) is 30.0 Å². The maximum Gasteiger partial charge on any atom is 0.259 e. The Morgan fingerprint density at radius 2 is 1.97 bits per heavy atom. The molecule has 0 radical (unpaired) electrons. The second kappa shape index (κ2) is 6.67. The van der Waals surface area contributed by atoms with Crippen LogP contribution >= 0.6 is 23.1 Å². The van der Waals surface area contributed by atoms with Crippen LogP contribution in [-0.2, 0) is 0 Å². The summed E-state index contributed by atoms with van der Waals surface area (Å²) in [7, 11) is 0. The average molecular weight is 422 g/mol. The van der Waals surface area contributed by atoms with Crippen LogP contribution in [0.4, 0.5) is 0 Å². The standard InChI is InChI=1S/C21H19N5OS2/c1-10-9-16-24-25-21(26(16)15-8-6-5-7-14(10)15)29-13(4)18-22-19(27)17-11(2)12(3)28-20(17)23-18/h5-9,13H,1-4H3,(H,22,23,27).